The minimum absolute atomic E-state index is 0.183. The Morgan fingerprint density at radius 2 is 1.81 bits per heavy atom. The zero-order valence-corrected chi connectivity index (χ0v) is 15.2. The molecule has 0 unspecified atom stereocenters. The van der Waals surface area contributed by atoms with E-state index in [2.05, 4.69) is 25.9 Å². The Bertz CT molecular complexity index is 1210. The van der Waals surface area contributed by atoms with Crippen molar-refractivity contribution in [3.8, 4) is 11.4 Å². The largest absolute Gasteiger partial charge is 0.378 e. The van der Waals surface area contributed by atoms with Crippen LogP contribution in [-0.4, -0.2) is 41.3 Å². The van der Waals surface area contributed by atoms with Crippen molar-refractivity contribution in [2.45, 2.75) is 0 Å². The molecule has 27 heavy (non-hydrogen) atoms. The molecule has 0 atom stereocenters. The van der Waals surface area contributed by atoms with Gasteiger partial charge in [-0.1, -0.05) is 11.6 Å². The molecule has 2 aromatic carbocycles. The molecule has 136 valence electrons. The van der Waals surface area contributed by atoms with Gasteiger partial charge in [0.2, 0.25) is 0 Å². The first-order valence-corrected chi connectivity index (χ1v) is 9.21. The van der Waals surface area contributed by atoms with Crippen molar-refractivity contribution >= 4 is 39.2 Å². The highest BCUT2D eigenvalue weighted by atomic mass is 35.5. The summed E-state index contributed by atoms with van der Waals surface area (Å²) < 4.78 is 5.42. The quantitative estimate of drug-likeness (QED) is 0.557. The fraction of sp³-hybridized carbons (Fsp3) is 0.200. The highest BCUT2D eigenvalue weighted by molar-refractivity contribution is 6.31. The number of nitrogens with one attached hydrogen (secondary N) is 2. The van der Waals surface area contributed by atoms with Crippen LogP contribution in [0.5, 0.6) is 0 Å². The van der Waals surface area contributed by atoms with Crippen molar-refractivity contribution in [1.82, 2.24) is 15.0 Å². The number of anilines is 1. The van der Waals surface area contributed by atoms with Crippen LogP contribution in [0.4, 0.5) is 5.69 Å². The van der Waals surface area contributed by atoms with Gasteiger partial charge in [-0.25, -0.2) is 4.98 Å². The molecular weight excluding hydrogens is 364 g/mol. The number of benzene rings is 2. The second kappa shape index (κ2) is 6.40. The minimum atomic E-state index is -0.183. The number of hydrogen-bond acceptors (Lipinski definition) is 4. The Hall–Kier alpha value is -2.83. The van der Waals surface area contributed by atoms with Crippen LogP contribution in [0, 0.1) is 0 Å². The number of aromatic amines is 2. The fourth-order valence-corrected chi connectivity index (χ4v) is 3.67. The number of ether oxygens (including phenoxy) is 1. The van der Waals surface area contributed by atoms with Gasteiger partial charge in [-0.2, -0.15) is 0 Å². The summed E-state index contributed by atoms with van der Waals surface area (Å²) in [5.41, 5.74) is 3.90. The highest BCUT2D eigenvalue weighted by Crippen LogP contribution is 2.25. The number of morpholine rings is 1. The van der Waals surface area contributed by atoms with Gasteiger partial charge in [0, 0.05) is 34.7 Å². The van der Waals surface area contributed by atoms with Crippen LogP contribution in [-0.2, 0) is 4.74 Å². The van der Waals surface area contributed by atoms with Gasteiger partial charge in [-0.3, -0.25) is 4.79 Å². The smallest absolute Gasteiger partial charge is 0.259 e. The molecule has 5 rings (SSSR count). The molecule has 2 aromatic heterocycles. The van der Waals surface area contributed by atoms with Gasteiger partial charge >= 0.3 is 0 Å². The molecule has 1 saturated heterocycles. The molecular formula is C20H17ClN4O2. The number of halogens is 1. The number of hydrogen-bond donors (Lipinski definition) is 2. The van der Waals surface area contributed by atoms with E-state index in [1.54, 1.807) is 12.1 Å². The molecule has 1 aliphatic heterocycles. The molecule has 1 fully saturated rings. The zero-order chi connectivity index (χ0) is 18.4. The summed E-state index contributed by atoms with van der Waals surface area (Å²) in [6.45, 7) is 3.21. The van der Waals surface area contributed by atoms with E-state index < -0.39 is 0 Å². The van der Waals surface area contributed by atoms with Crippen LogP contribution < -0.4 is 10.5 Å². The number of pyridine rings is 1. The van der Waals surface area contributed by atoms with E-state index >= 15 is 0 Å². The molecule has 7 heteroatoms. The first kappa shape index (κ1) is 16.4. The van der Waals surface area contributed by atoms with E-state index in [0.29, 0.717) is 16.4 Å². The van der Waals surface area contributed by atoms with Gasteiger partial charge in [0.25, 0.3) is 5.56 Å². The monoisotopic (exact) mass is 380 g/mol. The van der Waals surface area contributed by atoms with Crippen molar-refractivity contribution in [2.24, 2.45) is 0 Å². The third kappa shape index (κ3) is 2.97. The molecule has 4 aromatic rings. The normalized spacial score (nSPS) is 14.9. The number of fused-ring (bicyclic) bond motifs is 2. The zero-order valence-electron chi connectivity index (χ0n) is 14.5. The molecule has 0 saturated carbocycles. The van der Waals surface area contributed by atoms with Crippen LogP contribution in [0.2, 0.25) is 5.02 Å². The lowest BCUT2D eigenvalue weighted by Crippen LogP contribution is -2.36. The fourth-order valence-electron chi connectivity index (χ4n) is 3.49. The Balaban J connectivity index is 1.59. The van der Waals surface area contributed by atoms with Crippen LogP contribution in [0.3, 0.4) is 0 Å². The van der Waals surface area contributed by atoms with Gasteiger partial charge in [-0.15, -0.1) is 0 Å². The summed E-state index contributed by atoms with van der Waals surface area (Å²) in [6.07, 6.45) is 0. The first-order valence-electron chi connectivity index (χ1n) is 8.83. The number of H-pyrrole nitrogens is 2. The van der Waals surface area contributed by atoms with Crippen LogP contribution >= 0.6 is 11.6 Å². The molecule has 3 heterocycles. The van der Waals surface area contributed by atoms with Crippen molar-refractivity contribution in [2.75, 3.05) is 31.2 Å². The Labute approximate surface area is 159 Å². The molecule has 0 spiro atoms. The predicted molar refractivity (Wildman–Crippen MR) is 108 cm³/mol. The van der Waals surface area contributed by atoms with Gasteiger partial charge in [-0.05, 0) is 42.5 Å². The summed E-state index contributed by atoms with van der Waals surface area (Å²) in [7, 11) is 0. The van der Waals surface area contributed by atoms with Gasteiger partial charge < -0.3 is 19.6 Å². The second-order valence-corrected chi connectivity index (χ2v) is 7.07. The third-order valence-electron chi connectivity index (χ3n) is 4.90. The lowest BCUT2D eigenvalue weighted by Gasteiger charge is -2.28. The molecule has 6 nitrogen and oxygen atoms in total. The van der Waals surface area contributed by atoms with Gasteiger partial charge in [0.15, 0.2) is 0 Å². The predicted octanol–water partition coefficient (Wildman–Crippen LogP) is 3.56. The Morgan fingerprint density at radius 1 is 1.00 bits per heavy atom. The molecule has 0 radical (unpaired) electrons. The van der Waals surface area contributed by atoms with Gasteiger partial charge in [0.05, 0.1) is 29.8 Å². The topological polar surface area (TPSA) is 74.0 Å². The Kier molecular flexibility index (Phi) is 3.88. The molecule has 2 N–H and O–H groups in total. The second-order valence-electron chi connectivity index (χ2n) is 6.63. The number of aromatic nitrogens is 3. The summed E-state index contributed by atoms with van der Waals surface area (Å²) in [4.78, 5) is 25.6. The maximum atomic E-state index is 12.5. The van der Waals surface area contributed by atoms with Crippen molar-refractivity contribution in [3.63, 3.8) is 0 Å². The average Bonchev–Trinajstić information content (AvgIpc) is 3.11. The highest BCUT2D eigenvalue weighted by Gasteiger charge is 2.14. The molecule has 1 aliphatic rings. The van der Waals surface area contributed by atoms with E-state index in [0.717, 1.165) is 53.9 Å². The minimum Gasteiger partial charge on any atom is -0.378 e. The first-order chi connectivity index (χ1) is 13.2. The van der Waals surface area contributed by atoms with Crippen molar-refractivity contribution in [1.29, 1.82) is 0 Å². The summed E-state index contributed by atoms with van der Waals surface area (Å²) in [6, 6.07) is 13.3. The molecule has 0 bridgehead atoms. The van der Waals surface area contributed by atoms with E-state index in [-0.39, 0.29) is 5.56 Å². The van der Waals surface area contributed by atoms with E-state index in [1.165, 1.54) is 0 Å². The third-order valence-corrected chi connectivity index (χ3v) is 5.14. The molecule has 0 aliphatic carbocycles. The van der Waals surface area contributed by atoms with Crippen LogP contribution in [0.1, 0.15) is 0 Å². The number of rotatable bonds is 2. The van der Waals surface area contributed by atoms with E-state index in [4.69, 9.17) is 16.3 Å². The van der Waals surface area contributed by atoms with Crippen molar-refractivity contribution < 1.29 is 4.74 Å². The van der Waals surface area contributed by atoms with Crippen LogP contribution in [0.15, 0.2) is 47.3 Å². The molecule has 0 amide bonds. The summed E-state index contributed by atoms with van der Waals surface area (Å²) in [5.74, 6) is 0.548. The summed E-state index contributed by atoms with van der Waals surface area (Å²) >= 11 is 6.08. The number of nitrogens with zero attached hydrogens (tertiary/aromatic N) is 2. The maximum Gasteiger partial charge on any atom is 0.259 e. The lowest BCUT2D eigenvalue weighted by molar-refractivity contribution is 0.122. The SMILES string of the molecule is O=c1[nH]c2ccc(Cl)cc2cc1-c1nc2cc(N3CCOCC3)ccc2[nH]1. The standard InChI is InChI=1S/C20H17ClN4O2/c21-13-1-3-16-12(9-13)10-15(20(26)24-16)19-22-17-4-2-14(11-18(17)23-19)25-5-7-27-8-6-25/h1-4,9-11H,5-8H2,(H,22,23)(H,24,26). The summed E-state index contributed by atoms with van der Waals surface area (Å²) in [5, 5.41) is 1.49. The van der Waals surface area contributed by atoms with E-state index in [9.17, 15) is 4.79 Å². The van der Waals surface area contributed by atoms with Crippen molar-refractivity contribution in [3.05, 3.63) is 57.8 Å². The average molecular weight is 381 g/mol. The van der Waals surface area contributed by atoms with Crippen LogP contribution in [0.25, 0.3) is 33.3 Å². The maximum absolute atomic E-state index is 12.5. The Morgan fingerprint density at radius 3 is 2.67 bits per heavy atom. The van der Waals surface area contributed by atoms with Gasteiger partial charge in [0.1, 0.15) is 5.82 Å². The van der Waals surface area contributed by atoms with E-state index in [1.807, 2.05) is 24.3 Å². The number of imidazole rings is 1. The lowest BCUT2D eigenvalue weighted by atomic mass is 10.1.